The number of fused-ring (bicyclic) bond motifs is 1. The Labute approximate surface area is 80.8 Å². The van der Waals surface area contributed by atoms with E-state index < -0.39 is 0 Å². The van der Waals surface area contributed by atoms with Crippen molar-refractivity contribution in [2.24, 2.45) is 11.0 Å². The largest absolute Gasteiger partial charge is 0.290 e. The first-order chi connectivity index (χ1) is 5.81. The molecule has 0 aromatic rings. The molecule has 3 heteroatoms. The summed E-state index contributed by atoms with van der Waals surface area (Å²) < 4.78 is 1.16. The number of hydrazone groups is 1. The van der Waals surface area contributed by atoms with Crippen molar-refractivity contribution < 1.29 is 0 Å². The molecular weight excluding hydrogens is 216 g/mol. The smallest absolute Gasteiger partial charge is 0.0767 e. The van der Waals surface area contributed by atoms with Crippen molar-refractivity contribution in [1.82, 2.24) is 5.01 Å². The fraction of sp³-hybridized carbons (Fsp3) is 0.444. The van der Waals surface area contributed by atoms with Crippen molar-refractivity contribution in [3.63, 3.8) is 0 Å². The Hall–Kier alpha value is -0.570. The number of likely N-dealkylation sites (N-methyl/N-ethyl adjacent to an activating group) is 1. The predicted octanol–water partition coefficient (Wildman–Crippen LogP) is 2.14. The maximum Gasteiger partial charge on any atom is 0.0767 e. The molecule has 2 atom stereocenters. The van der Waals surface area contributed by atoms with Crippen LogP contribution in [-0.2, 0) is 0 Å². The molecule has 0 bridgehead atoms. The molecule has 0 saturated heterocycles. The molecule has 1 aliphatic carbocycles. The van der Waals surface area contributed by atoms with Crippen LogP contribution < -0.4 is 0 Å². The van der Waals surface area contributed by atoms with Gasteiger partial charge < -0.3 is 0 Å². The lowest BCUT2D eigenvalue weighted by Crippen LogP contribution is -2.30. The van der Waals surface area contributed by atoms with Crippen LogP contribution in [0.4, 0.5) is 0 Å². The molecule has 0 saturated carbocycles. The zero-order valence-electron chi connectivity index (χ0n) is 6.94. The SMILES string of the molecule is CCN1N=CC2C=C(Br)C=CC21. The molecule has 1 aliphatic heterocycles. The molecule has 2 aliphatic rings. The summed E-state index contributed by atoms with van der Waals surface area (Å²) in [4.78, 5) is 0. The van der Waals surface area contributed by atoms with Crippen molar-refractivity contribution >= 4 is 22.1 Å². The summed E-state index contributed by atoms with van der Waals surface area (Å²) in [7, 11) is 0. The Morgan fingerprint density at radius 2 is 2.50 bits per heavy atom. The van der Waals surface area contributed by atoms with E-state index >= 15 is 0 Å². The minimum Gasteiger partial charge on any atom is -0.290 e. The van der Waals surface area contributed by atoms with Gasteiger partial charge in [-0.25, -0.2) is 0 Å². The summed E-state index contributed by atoms with van der Waals surface area (Å²) in [6.07, 6.45) is 8.51. The third-order valence-electron chi connectivity index (χ3n) is 2.25. The van der Waals surface area contributed by atoms with Gasteiger partial charge in [-0.15, -0.1) is 0 Å². The molecule has 0 fully saturated rings. The van der Waals surface area contributed by atoms with Gasteiger partial charge in [-0.05, 0) is 6.92 Å². The summed E-state index contributed by atoms with van der Waals surface area (Å²) in [5.41, 5.74) is 0. The fourth-order valence-corrected chi connectivity index (χ4v) is 2.08. The first-order valence-corrected chi connectivity index (χ1v) is 4.97. The van der Waals surface area contributed by atoms with Crippen LogP contribution in [0.15, 0.2) is 27.8 Å². The van der Waals surface area contributed by atoms with Gasteiger partial charge in [0.25, 0.3) is 0 Å². The zero-order valence-corrected chi connectivity index (χ0v) is 8.53. The first kappa shape index (κ1) is 8.05. The highest BCUT2D eigenvalue weighted by Crippen LogP contribution is 2.27. The lowest BCUT2D eigenvalue weighted by molar-refractivity contribution is 0.263. The summed E-state index contributed by atoms with van der Waals surface area (Å²) in [6, 6.07) is 0.455. The molecule has 0 N–H and O–H groups in total. The molecule has 2 rings (SSSR count). The van der Waals surface area contributed by atoms with Crippen molar-refractivity contribution in [1.29, 1.82) is 0 Å². The standard InChI is InChI=1S/C9H11BrN2/c1-2-12-9-4-3-8(10)5-7(9)6-11-12/h3-7,9H,2H2,1H3. The second kappa shape index (κ2) is 3.05. The van der Waals surface area contributed by atoms with E-state index in [9.17, 15) is 0 Å². The van der Waals surface area contributed by atoms with Gasteiger partial charge in [-0.1, -0.05) is 34.2 Å². The van der Waals surface area contributed by atoms with Gasteiger partial charge in [0.1, 0.15) is 0 Å². The van der Waals surface area contributed by atoms with Crippen LogP contribution in [0.3, 0.4) is 0 Å². The van der Waals surface area contributed by atoms with Gasteiger partial charge in [0.05, 0.1) is 6.04 Å². The van der Waals surface area contributed by atoms with Gasteiger partial charge >= 0.3 is 0 Å². The monoisotopic (exact) mass is 226 g/mol. The van der Waals surface area contributed by atoms with E-state index in [1.54, 1.807) is 0 Å². The molecule has 0 radical (unpaired) electrons. The third kappa shape index (κ3) is 1.22. The Balaban J connectivity index is 2.20. The average Bonchev–Trinajstić information content (AvgIpc) is 2.46. The van der Waals surface area contributed by atoms with Gasteiger partial charge in [0.2, 0.25) is 0 Å². The normalized spacial score (nSPS) is 32.2. The van der Waals surface area contributed by atoms with E-state index in [1.807, 2.05) is 6.21 Å². The maximum atomic E-state index is 4.32. The number of halogens is 1. The lowest BCUT2D eigenvalue weighted by atomic mass is 9.97. The molecule has 0 spiro atoms. The molecule has 2 unspecified atom stereocenters. The topological polar surface area (TPSA) is 15.6 Å². The van der Waals surface area contributed by atoms with Crippen molar-refractivity contribution in [2.75, 3.05) is 6.54 Å². The minimum atomic E-state index is 0.455. The Bertz CT molecular complexity index is 268. The van der Waals surface area contributed by atoms with Gasteiger partial charge in [0.15, 0.2) is 0 Å². The zero-order chi connectivity index (χ0) is 8.55. The first-order valence-electron chi connectivity index (χ1n) is 4.17. The van der Waals surface area contributed by atoms with Gasteiger partial charge in [-0.2, -0.15) is 5.10 Å². The quantitative estimate of drug-likeness (QED) is 0.670. The second-order valence-corrected chi connectivity index (χ2v) is 3.91. The number of nitrogens with zero attached hydrogens (tertiary/aromatic N) is 2. The Morgan fingerprint density at radius 3 is 3.25 bits per heavy atom. The van der Waals surface area contributed by atoms with E-state index in [-0.39, 0.29) is 0 Å². The van der Waals surface area contributed by atoms with Gasteiger partial charge in [-0.3, -0.25) is 5.01 Å². The highest BCUT2D eigenvalue weighted by molar-refractivity contribution is 9.11. The highest BCUT2D eigenvalue weighted by Gasteiger charge is 2.27. The van der Waals surface area contributed by atoms with E-state index in [0.29, 0.717) is 12.0 Å². The molecule has 64 valence electrons. The molecule has 0 amide bonds. The van der Waals surface area contributed by atoms with E-state index in [0.717, 1.165) is 11.0 Å². The number of allylic oxidation sites excluding steroid dienone is 2. The number of rotatable bonds is 1. The van der Waals surface area contributed by atoms with Crippen LogP contribution in [0.2, 0.25) is 0 Å². The summed E-state index contributed by atoms with van der Waals surface area (Å²) in [5.74, 6) is 0.462. The van der Waals surface area contributed by atoms with Crippen LogP contribution in [0.1, 0.15) is 6.92 Å². The second-order valence-electron chi connectivity index (χ2n) is 3.00. The number of hydrogen-bond acceptors (Lipinski definition) is 2. The minimum absolute atomic E-state index is 0.455. The molecule has 2 nitrogen and oxygen atoms in total. The number of hydrogen-bond donors (Lipinski definition) is 0. The molecule has 12 heavy (non-hydrogen) atoms. The van der Waals surface area contributed by atoms with Crippen molar-refractivity contribution in [3.05, 3.63) is 22.7 Å². The summed E-state index contributed by atoms with van der Waals surface area (Å²) in [5, 5.41) is 6.43. The van der Waals surface area contributed by atoms with Gasteiger partial charge in [0, 0.05) is 23.2 Å². The predicted molar refractivity (Wildman–Crippen MR) is 54.3 cm³/mol. The van der Waals surface area contributed by atoms with Crippen LogP contribution in [0, 0.1) is 5.92 Å². The van der Waals surface area contributed by atoms with Crippen LogP contribution in [-0.4, -0.2) is 23.8 Å². The maximum absolute atomic E-state index is 4.32. The third-order valence-corrected chi connectivity index (χ3v) is 2.78. The van der Waals surface area contributed by atoms with E-state index in [4.69, 9.17) is 0 Å². The molecule has 0 aromatic heterocycles. The van der Waals surface area contributed by atoms with Crippen LogP contribution in [0.5, 0.6) is 0 Å². The molecule has 0 aromatic carbocycles. The Kier molecular flexibility index (Phi) is 2.05. The summed E-state index contributed by atoms with van der Waals surface area (Å²) in [6.45, 7) is 3.11. The van der Waals surface area contributed by atoms with Crippen LogP contribution in [0.25, 0.3) is 0 Å². The van der Waals surface area contributed by atoms with Crippen molar-refractivity contribution in [3.8, 4) is 0 Å². The van der Waals surface area contributed by atoms with E-state index in [1.165, 1.54) is 0 Å². The summed E-state index contributed by atoms with van der Waals surface area (Å²) >= 11 is 3.46. The van der Waals surface area contributed by atoms with E-state index in [2.05, 4.69) is 51.2 Å². The average molecular weight is 227 g/mol. The molecular formula is C9H11BrN2. The lowest BCUT2D eigenvalue weighted by Gasteiger charge is -2.24. The molecule has 1 heterocycles. The highest BCUT2D eigenvalue weighted by atomic mass is 79.9. The van der Waals surface area contributed by atoms with Crippen molar-refractivity contribution in [2.45, 2.75) is 13.0 Å². The fourth-order valence-electron chi connectivity index (χ4n) is 1.62. The van der Waals surface area contributed by atoms with Crippen LogP contribution >= 0.6 is 15.9 Å². The Morgan fingerprint density at radius 1 is 1.67 bits per heavy atom.